The van der Waals surface area contributed by atoms with Crippen LogP contribution >= 0.6 is 0 Å². The van der Waals surface area contributed by atoms with Crippen molar-refractivity contribution in [2.24, 2.45) is 7.05 Å². The summed E-state index contributed by atoms with van der Waals surface area (Å²) in [6.45, 7) is 2.84. The molecule has 0 amide bonds. The number of nitrogens with zero attached hydrogens (tertiary/aromatic N) is 3. The van der Waals surface area contributed by atoms with Gasteiger partial charge in [-0.1, -0.05) is 13.3 Å². The largest absolute Gasteiger partial charge is 0.395 e. The molecule has 0 unspecified atom stereocenters. The molecular weight excluding hydrogens is 272 g/mol. The highest BCUT2D eigenvalue weighted by Gasteiger charge is 2.33. The number of unbranched alkanes of at least 4 members (excludes halogenated alkanes) is 1. The molecule has 118 valence electrons. The molecule has 1 aromatic heterocycles. The van der Waals surface area contributed by atoms with Crippen LogP contribution in [0.25, 0.3) is 0 Å². The van der Waals surface area contributed by atoms with E-state index in [1.54, 1.807) is 0 Å². The maximum atomic E-state index is 12.4. The third-order valence-corrected chi connectivity index (χ3v) is 3.91. The molecule has 1 aromatic rings. The van der Waals surface area contributed by atoms with Gasteiger partial charge >= 0.3 is 5.69 Å². The first-order chi connectivity index (χ1) is 10.0. The number of hydrogen-bond donors (Lipinski definition) is 2. The first-order valence-electron chi connectivity index (χ1n) is 7.49. The summed E-state index contributed by atoms with van der Waals surface area (Å²) in [5.74, 6) is 0.219. The predicted octanol–water partition coefficient (Wildman–Crippen LogP) is -0.110. The Morgan fingerprint density at radius 2 is 2.05 bits per heavy atom. The Bertz CT molecular complexity index is 616. The predicted molar refractivity (Wildman–Crippen MR) is 82.7 cm³/mol. The number of rotatable bonds is 7. The SMILES string of the molecule is CCCCn1c(N)c(N(CCO)C2CC2)c(=O)n(C)c1=O. The van der Waals surface area contributed by atoms with Crippen molar-refractivity contribution in [3.05, 3.63) is 20.8 Å². The first-order valence-corrected chi connectivity index (χ1v) is 7.49. The Labute approximate surface area is 123 Å². The Morgan fingerprint density at radius 3 is 2.57 bits per heavy atom. The van der Waals surface area contributed by atoms with E-state index in [9.17, 15) is 14.7 Å². The Kier molecular flexibility index (Phi) is 4.72. The van der Waals surface area contributed by atoms with Gasteiger partial charge in [0, 0.05) is 26.2 Å². The molecule has 2 rings (SSSR count). The van der Waals surface area contributed by atoms with Crippen LogP contribution < -0.4 is 21.9 Å². The lowest BCUT2D eigenvalue weighted by Crippen LogP contribution is -2.44. The summed E-state index contributed by atoms with van der Waals surface area (Å²) in [6.07, 6.45) is 3.73. The van der Waals surface area contributed by atoms with E-state index < -0.39 is 0 Å². The quantitative estimate of drug-likeness (QED) is 0.732. The summed E-state index contributed by atoms with van der Waals surface area (Å²) in [5, 5.41) is 9.23. The molecule has 3 N–H and O–H groups in total. The molecular formula is C14H24N4O3. The van der Waals surface area contributed by atoms with Crippen LogP contribution in [0.3, 0.4) is 0 Å². The highest BCUT2D eigenvalue weighted by molar-refractivity contribution is 5.63. The van der Waals surface area contributed by atoms with Crippen LogP contribution in [0.5, 0.6) is 0 Å². The number of aliphatic hydroxyl groups excluding tert-OH is 1. The molecule has 1 aliphatic carbocycles. The lowest BCUT2D eigenvalue weighted by atomic mass is 10.3. The molecule has 1 aliphatic rings. The van der Waals surface area contributed by atoms with Crippen molar-refractivity contribution in [1.82, 2.24) is 9.13 Å². The number of aliphatic hydroxyl groups is 1. The average Bonchev–Trinajstić information content (AvgIpc) is 3.29. The van der Waals surface area contributed by atoms with Crippen molar-refractivity contribution in [2.45, 2.75) is 45.2 Å². The van der Waals surface area contributed by atoms with E-state index in [1.807, 2.05) is 11.8 Å². The second kappa shape index (κ2) is 6.34. The molecule has 1 fully saturated rings. The molecule has 0 saturated heterocycles. The lowest BCUT2D eigenvalue weighted by molar-refractivity contribution is 0.301. The van der Waals surface area contributed by atoms with Crippen molar-refractivity contribution in [3.8, 4) is 0 Å². The van der Waals surface area contributed by atoms with Crippen molar-refractivity contribution in [3.63, 3.8) is 0 Å². The number of nitrogen functional groups attached to an aromatic ring is 1. The minimum atomic E-state index is -0.384. The Morgan fingerprint density at radius 1 is 1.38 bits per heavy atom. The molecule has 0 aliphatic heterocycles. The van der Waals surface area contributed by atoms with Gasteiger partial charge in [-0.2, -0.15) is 0 Å². The molecule has 1 saturated carbocycles. The van der Waals surface area contributed by atoms with Gasteiger partial charge in [-0.15, -0.1) is 0 Å². The van der Waals surface area contributed by atoms with Crippen LogP contribution in [0.15, 0.2) is 9.59 Å². The van der Waals surface area contributed by atoms with Crippen LogP contribution in [0, 0.1) is 0 Å². The molecule has 0 spiro atoms. The standard InChI is InChI=1S/C14H24N4O3/c1-3-4-7-18-12(15)11(13(20)16(2)14(18)21)17(8-9-19)10-5-6-10/h10,19H,3-9,15H2,1-2H3. The zero-order valence-electron chi connectivity index (χ0n) is 12.7. The first kappa shape index (κ1) is 15.6. The van der Waals surface area contributed by atoms with Gasteiger partial charge in [-0.05, 0) is 19.3 Å². The summed E-state index contributed by atoms with van der Waals surface area (Å²) in [6, 6.07) is 0.240. The fourth-order valence-electron chi connectivity index (χ4n) is 2.54. The second-order valence-corrected chi connectivity index (χ2v) is 5.53. The second-order valence-electron chi connectivity index (χ2n) is 5.53. The van der Waals surface area contributed by atoms with E-state index in [1.165, 1.54) is 11.6 Å². The summed E-state index contributed by atoms with van der Waals surface area (Å²) >= 11 is 0. The Hall–Kier alpha value is -1.76. The van der Waals surface area contributed by atoms with Crippen molar-refractivity contribution >= 4 is 11.5 Å². The van der Waals surface area contributed by atoms with Gasteiger partial charge < -0.3 is 15.7 Å². The van der Waals surface area contributed by atoms with E-state index in [2.05, 4.69) is 0 Å². The van der Waals surface area contributed by atoms with Crippen LogP contribution in [0.1, 0.15) is 32.6 Å². The molecule has 21 heavy (non-hydrogen) atoms. The number of aromatic nitrogens is 2. The van der Waals surface area contributed by atoms with Crippen molar-refractivity contribution in [1.29, 1.82) is 0 Å². The molecule has 1 heterocycles. The van der Waals surface area contributed by atoms with Gasteiger partial charge in [-0.3, -0.25) is 13.9 Å². The molecule has 0 radical (unpaired) electrons. The van der Waals surface area contributed by atoms with Gasteiger partial charge in [-0.25, -0.2) is 4.79 Å². The maximum Gasteiger partial charge on any atom is 0.332 e. The fraction of sp³-hybridized carbons (Fsp3) is 0.714. The zero-order chi connectivity index (χ0) is 15.6. The number of hydrogen-bond acceptors (Lipinski definition) is 5. The third-order valence-electron chi connectivity index (χ3n) is 3.91. The summed E-state index contributed by atoms with van der Waals surface area (Å²) in [7, 11) is 1.47. The van der Waals surface area contributed by atoms with E-state index in [4.69, 9.17) is 5.73 Å². The smallest absolute Gasteiger partial charge is 0.332 e. The minimum Gasteiger partial charge on any atom is -0.395 e. The van der Waals surface area contributed by atoms with Crippen LogP contribution in [-0.4, -0.2) is 33.4 Å². The molecule has 7 heteroatoms. The normalized spacial score (nSPS) is 14.4. The third kappa shape index (κ3) is 2.97. The van der Waals surface area contributed by atoms with Crippen molar-refractivity contribution in [2.75, 3.05) is 23.8 Å². The molecule has 7 nitrogen and oxygen atoms in total. The molecule has 0 aromatic carbocycles. The summed E-state index contributed by atoms with van der Waals surface area (Å²) in [4.78, 5) is 26.5. The highest BCUT2D eigenvalue weighted by Crippen LogP contribution is 2.32. The van der Waals surface area contributed by atoms with Crippen LogP contribution in [-0.2, 0) is 13.6 Å². The molecule has 0 bridgehead atoms. The average molecular weight is 296 g/mol. The van der Waals surface area contributed by atoms with Crippen LogP contribution in [0.4, 0.5) is 11.5 Å². The highest BCUT2D eigenvalue weighted by atomic mass is 16.3. The zero-order valence-corrected chi connectivity index (χ0v) is 12.7. The lowest BCUT2D eigenvalue weighted by Gasteiger charge is -2.26. The number of anilines is 2. The van der Waals surface area contributed by atoms with Gasteiger partial charge in [0.05, 0.1) is 6.61 Å². The summed E-state index contributed by atoms with van der Waals surface area (Å²) in [5.41, 5.74) is 5.71. The minimum absolute atomic E-state index is 0.0484. The monoisotopic (exact) mass is 296 g/mol. The van der Waals surface area contributed by atoms with Crippen LogP contribution in [0.2, 0.25) is 0 Å². The van der Waals surface area contributed by atoms with Gasteiger partial charge in [0.2, 0.25) is 0 Å². The van der Waals surface area contributed by atoms with E-state index in [-0.39, 0.29) is 29.7 Å². The van der Waals surface area contributed by atoms with Gasteiger partial charge in [0.25, 0.3) is 5.56 Å². The van der Waals surface area contributed by atoms with Gasteiger partial charge in [0.1, 0.15) is 11.5 Å². The van der Waals surface area contributed by atoms with E-state index in [0.717, 1.165) is 30.3 Å². The van der Waals surface area contributed by atoms with Gasteiger partial charge in [0.15, 0.2) is 0 Å². The number of nitrogens with two attached hydrogens (primary N) is 1. The topological polar surface area (TPSA) is 93.5 Å². The van der Waals surface area contributed by atoms with E-state index in [0.29, 0.717) is 18.8 Å². The maximum absolute atomic E-state index is 12.4. The van der Waals surface area contributed by atoms with Crippen molar-refractivity contribution < 1.29 is 5.11 Å². The van der Waals surface area contributed by atoms with E-state index >= 15 is 0 Å². The Balaban J connectivity index is 2.56. The summed E-state index contributed by atoms with van der Waals surface area (Å²) < 4.78 is 2.57. The molecule has 0 atom stereocenters. The fourth-order valence-corrected chi connectivity index (χ4v) is 2.54.